The highest BCUT2D eigenvalue weighted by atomic mass is 32.2. The number of thioether (sulfide) groups is 2. The van der Waals surface area contributed by atoms with Gasteiger partial charge >= 0.3 is 0 Å². The van der Waals surface area contributed by atoms with Crippen molar-refractivity contribution < 1.29 is 4.79 Å². The Morgan fingerprint density at radius 3 is 2.67 bits per heavy atom. The summed E-state index contributed by atoms with van der Waals surface area (Å²) >= 11 is 3.14. The summed E-state index contributed by atoms with van der Waals surface area (Å²) in [6.45, 7) is 2.00. The van der Waals surface area contributed by atoms with E-state index in [4.69, 9.17) is 0 Å². The lowest BCUT2D eigenvalue weighted by Gasteiger charge is -1.93. The molecule has 9 heavy (non-hydrogen) atoms. The molecule has 0 N–H and O–H groups in total. The molecule has 1 nitrogen and oxygen atoms in total. The summed E-state index contributed by atoms with van der Waals surface area (Å²) in [5.74, 6) is 1.87. The van der Waals surface area contributed by atoms with Gasteiger partial charge in [0.1, 0.15) is 0 Å². The lowest BCUT2D eigenvalue weighted by molar-refractivity contribution is -0.110. The number of carbonyl (C=O) groups excluding carboxylic acids is 1. The van der Waals surface area contributed by atoms with Crippen molar-refractivity contribution in [3.05, 3.63) is 0 Å². The van der Waals surface area contributed by atoms with E-state index in [1.165, 1.54) is 11.8 Å². The molecule has 0 rings (SSSR count). The zero-order chi connectivity index (χ0) is 7.11. The Hall–Kier alpha value is 0.370. The fourth-order valence-corrected chi connectivity index (χ4v) is 1.51. The Morgan fingerprint density at radius 1 is 1.56 bits per heavy atom. The molecule has 0 spiro atoms. The van der Waals surface area contributed by atoms with Crippen LogP contribution in [0.1, 0.15) is 13.3 Å². The van der Waals surface area contributed by atoms with Crippen molar-refractivity contribution >= 4 is 28.6 Å². The predicted molar refractivity (Wildman–Crippen MR) is 46.1 cm³/mol. The molecule has 3 heteroatoms. The number of carbonyl (C=O) groups is 1. The lowest BCUT2D eigenvalue weighted by Crippen LogP contribution is -1.92. The summed E-state index contributed by atoms with van der Waals surface area (Å²) in [5, 5.41) is 0.326. The third kappa shape index (κ3) is 6.25. The fourth-order valence-electron chi connectivity index (χ4n) is 0.419. The van der Waals surface area contributed by atoms with Crippen LogP contribution in [0.5, 0.6) is 0 Å². The average Bonchev–Trinajstić information content (AvgIpc) is 1.85. The Kier molecular flexibility index (Phi) is 6.76. The van der Waals surface area contributed by atoms with Crippen LogP contribution in [0.15, 0.2) is 0 Å². The molecule has 0 aromatic heterocycles. The molecule has 0 fully saturated rings. The van der Waals surface area contributed by atoms with E-state index >= 15 is 0 Å². The minimum atomic E-state index is 0.326. The maximum Gasteiger partial charge on any atom is 0.189 e. The van der Waals surface area contributed by atoms with Gasteiger partial charge in [-0.1, -0.05) is 18.7 Å². The number of hydrogen-bond acceptors (Lipinski definition) is 3. The molecule has 0 aliphatic rings. The van der Waals surface area contributed by atoms with E-state index in [0.717, 1.165) is 17.9 Å². The first-order valence-corrected chi connectivity index (χ1v) is 5.33. The molecule has 0 aromatic rings. The van der Waals surface area contributed by atoms with Gasteiger partial charge in [-0.15, -0.1) is 0 Å². The largest absolute Gasteiger partial charge is 0.287 e. The molecule has 0 radical (unpaired) electrons. The molecule has 0 saturated heterocycles. The van der Waals surface area contributed by atoms with Gasteiger partial charge in [0.15, 0.2) is 5.12 Å². The smallest absolute Gasteiger partial charge is 0.189 e. The molecule has 0 aliphatic heterocycles. The summed E-state index contributed by atoms with van der Waals surface area (Å²) in [7, 11) is 0. The van der Waals surface area contributed by atoms with Crippen LogP contribution in [0, 0.1) is 0 Å². The average molecular weight is 164 g/mol. The zero-order valence-corrected chi connectivity index (χ0v) is 7.48. The van der Waals surface area contributed by atoms with Crippen molar-refractivity contribution in [2.75, 3.05) is 17.8 Å². The first kappa shape index (κ1) is 9.37. The Morgan fingerprint density at radius 2 is 2.22 bits per heavy atom. The molecule has 0 unspecified atom stereocenters. The summed E-state index contributed by atoms with van der Waals surface area (Å²) in [6, 6.07) is 0. The summed E-state index contributed by atoms with van der Waals surface area (Å²) in [6.07, 6.45) is 2.74. The van der Waals surface area contributed by atoms with Crippen molar-refractivity contribution in [3.63, 3.8) is 0 Å². The molecule has 54 valence electrons. The van der Waals surface area contributed by atoms with Gasteiger partial charge in [-0.2, -0.15) is 11.8 Å². The second-order valence-corrected chi connectivity index (χ2v) is 3.85. The first-order chi connectivity index (χ1) is 4.31. The van der Waals surface area contributed by atoms with Crippen molar-refractivity contribution in [1.29, 1.82) is 0 Å². The van der Waals surface area contributed by atoms with Crippen molar-refractivity contribution in [1.82, 2.24) is 0 Å². The van der Waals surface area contributed by atoms with E-state index in [9.17, 15) is 4.79 Å². The van der Waals surface area contributed by atoms with Crippen LogP contribution >= 0.6 is 23.5 Å². The van der Waals surface area contributed by atoms with Gasteiger partial charge in [0.25, 0.3) is 0 Å². The SMILES string of the molecule is CCSC(=O)CCSC. The Labute approximate surface area is 65.0 Å². The summed E-state index contributed by atoms with van der Waals surface area (Å²) < 4.78 is 0. The molecule has 0 aromatic carbocycles. The van der Waals surface area contributed by atoms with Crippen LogP contribution in [0.25, 0.3) is 0 Å². The number of rotatable bonds is 4. The van der Waals surface area contributed by atoms with E-state index in [0.29, 0.717) is 5.12 Å². The highest BCUT2D eigenvalue weighted by Gasteiger charge is 1.97. The van der Waals surface area contributed by atoms with Gasteiger partial charge in [-0.05, 0) is 12.0 Å². The van der Waals surface area contributed by atoms with E-state index in [1.54, 1.807) is 11.8 Å². The summed E-state index contributed by atoms with van der Waals surface area (Å²) in [4.78, 5) is 10.8. The van der Waals surface area contributed by atoms with Crippen molar-refractivity contribution in [2.45, 2.75) is 13.3 Å². The maximum atomic E-state index is 10.8. The normalized spacial score (nSPS) is 9.56. The van der Waals surface area contributed by atoms with Crippen LogP contribution < -0.4 is 0 Å². The standard InChI is InChI=1S/C6H12OS2/c1-3-9-6(7)4-5-8-2/h3-5H2,1-2H3. The monoisotopic (exact) mass is 164 g/mol. The van der Waals surface area contributed by atoms with Crippen LogP contribution in [0.2, 0.25) is 0 Å². The van der Waals surface area contributed by atoms with Crippen LogP contribution in [0.3, 0.4) is 0 Å². The first-order valence-electron chi connectivity index (χ1n) is 2.95. The van der Waals surface area contributed by atoms with Crippen LogP contribution in [0.4, 0.5) is 0 Å². The Bertz CT molecular complexity index is 83.1. The Balaban J connectivity index is 3.06. The minimum absolute atomic E-state index is 0.326. The van der Waals surface area contributed by atoms with Gasteiger partial charge in [0.2, 0.25) is 0 Å². The van der Waals surface area contributed by atoms with Gasteiger partial charge in [-0.3, -0.25) is 4.79 Å². The molecule has 0 aliphatic carbocycles. The van der Waals surface area contributed by atoms with Gasteiger partial charge < -0.3 is 0 Å². The maximum absolute atomic E-state index is 10.8. The van der Waals surface area contributed by atoms with E-state index in [2.05, 4.69) is 0 Å². The van der Waals surface area contributed by atoms with Gasteiger partial charge in [0, 0.05) is 12.2 Å². The van der Waals surface area contributed by atoms with E-state index in [-0.39, 0.29) is 0 Å². The van der Waals surface area contributed by atoms with Crippen molar-refractivity contribution in [3.8, 4) is 0 Å². The second kappa shape index (κ2) is 6.49. The highest BCUT2D eigenvalue weighted by molar-refractivity contribution is 8.13. The summed E-state index contributed by atoms with van der Waals surface area (Å²) in [5.41, 5.74) is 0. The lowest BCUT2D eigenvalue weighted by atomic mass is 10.5. The van der Waals surface area contributed by atoms with Crippen LogP contribution in [-0.2, 0) is 4.79 Å². The fraction of sp³-hybridized carbons (Fsp3) is 0.833. The quantitative estimate of drug-likeness (QED) is 0.633. The van der Waals surface area contributed by atoms with Crippen molar-refractivity contribution in [2.24, 2.45) is 0 Å². The molecule has 0 amide bonds. The zero-order valence-electron chi connectivity index (χ0n) is 5.85. The highest BCUT2D eigenvalue weighted by Crippen LogP contribution is 2.06. The van der Waals surface area contributed by atoms with Gasteiger partial charge in [-0.25, -0.2) is 0 Å². The molecule has 0 heterocycles. The van der Waals surface area contributed by atoms with Gasteiger partial charge in [0.05, 0.1) is 0 Å². The topological polar surface area (TPSA) is 17.1 Å². The predicted octanol–water partition coefficient (Wildman–Crippen LogP) is 2.02. The van der Waals surface area contributed by atoms with E-state index < -0.39 is 0 Å². The molecular formula is C6H12OS2. The third-order valence-corrected chi connectivity index (χ3v) is 2.24. The molecule has 0 bridgehead atoms. The van der Waals surface area contributed by atoms with Crippen LogP contribution in [-0.4, -0.2) is 22.9 Å². The minimum Gasteiger partial charge on any atom is -0.287 e. The molecular weight excluding hydrogens is 152 g/mol. The second-order valence-electron chi connectivity index (χ2n) is 1.55. The van der Waals surface area contributed by atoms with E-state index in [1.807, 2.05) is 13.2 Å². The number of hydrogen-bond donors (Lipinski definition) is 0. The molecule has 0 atom stereocenters. The molecule has 0 saturated carbocycles. The third-order valence-electron chi connectivity index (χ3n) is 0.816.